The molecule has 2 rings (SSSR count). The molecule has 2 atom stereocenters. The summed E-state index contributed by atoms with van der Waals surface area (Å²) in [7, 11) is 1.56. The highest BCUT2D eigenvalue weighted by atomic mass is 16.5. The van der Waals surface area contributed by atoms with E-state index in [9.17, 15) is 9.59 Å². The van der Waals surface area contributed by atoms with E-state index in [1.54, 1.807) is 13.3 Å². The molecule has 0 aromatic carbocycles. The van der Waals surface area contributed by atoms with Crippen LogP contribution in [-0.4, -0.2) is 40.9 Å². The number of pyridine rings is 1. The number of likely N-dealkylation sites (tertiary alicyclic amines) is 1. The fraction of sp³-hybridized carbons (Fsp3) is 0.533. The molecule has 1 aliphatic heterocycles. The van der Waals surface area contributed by atoms with Crippen molar-refractivity contribution in [1.82, 2.24) is 15.2 Å². The lowest BCUT2D eigenvalue weighted by Gasteiger charge is -2.21. The van der Waals surface area contributed by atoms with Gasteiger partial charge >= 0.3 is 0 Å². The molecule has 2 unspecified atom stereocenters. The Labute approximate surface area is 124 Å². The fourth-order valence-electron chi connectivity index (χ4n) is 2.43. The van der Waals surface area contributed by atoms with Crippen LogP contribution < -0.4 is 10.1 Å². The summed E-state index contributed by atoms with van der Waals surface area (Å²) in [4.78, 5) is 29.7. The van der Waals surface area contributed by atoms with E-state index in [1.807, 2.05) is 26.0 Å². The highest BCUT2D eigenvalue weighted by Gasteiger charge is 2.40. The van der Waals surface area contributed by atoms with Gasteiger partial charge in [0.15, 0.2) is 0 Å². The summed E-state index contributed by atoms with van der Waals surface area (Å²) >= 11 is 0. The molecule has 0 spiro atoms. The summed E-state index contributed by atoms with van der Waals surface area (Å²) < 4.78 is 5.17. The summed E-state index contributed by atoms with van der Waals surface area (Å²) in [5, 5.41) is 3.13. The molecule has 1 N–H and O–H groups in total. The van der Waals surface area contributed by atoms with Crippen LogP contribution in [0.4, 0.5) is 0 Å². The van der Waals surface area contributed by atoms with Crippen molar-refractivity contribution >= 4 is 11.8 Å². The first-order chi connectivity index (χ1) is 10.1. The van der Waals surface area contributed by atoms with E-state index < -0.39 is 6.04 Å². The molecule has 1 saturated heterocycles. The molecule has 1 aliphatic rings. The molecule has 6 heteroatoms. The van der Waals surface area contributed by atoms with Gasteiger partial charge in [0.05, 0.1) is 19.6 Å². The number of rotatable bonds is 6. The van der Waals surface area contributed by atoms with E-state index in [0.717, 1.165) is 12.0 Å². The Balaban J connectivity index is 2.01. The smallest absolute Gasteiger partial charge is 0.247 e. The highest BCUT2D eigenvalue weighted by Crippen LogP contribution is 2.19. The van der Waals surface area contributed by atoms with E-state index >= 15 is 0 Å². The molecule has 6 nitrogen and oxygen atoms in total. The lowest BCUT2D eigenvalue weighted by atomic mass is 10.2. The number of amides is 2. The Morgan fingerprint density at radius 3 is 2.95 bits per heavy atom. The van der Waals surface area contributed by atoms with Crippen LogP contribution in [0.15, 0.2) is 18.3 Å². The van der Waals surface area contributed by atoms with E-state index in [4.69, 9.17) is 4.74 Å². The predicted octanol–water partition coefficient (Wildman–Crippen LogP) is 1.11. The van der Waals surface area contributed by atoms with Crippen molar-refractivity contribution in [1.29, 1.82) is 0 Å². The second kappa shape index (κ2) is 6.67. The first kappa shape index (κ1) is 15.4. The van der Waals surface area contributed by atoms with E-state index in [1.165, 1.54) is 4.90 Å². The van der Waals surface area contributed by atoms with Crippen LogP contribution in [0.3, 0.4) is 0 Å². The molecule has 21 heavy (non-hydrogen) atoms. The van der Waals surface area contributed by atoms with Crippen LogP contribution in [0, 0.1) is 0 Å². The number of ether oxygens (including phenoxy) is 1. The third-order valence-corrected chi connectivity index (χ3v) is 3.80. The zero-order chi connectivity index (χ0) is 15.4. The number of hydrogen-bond donors (Lipinski definition) is 1. The van der Waals surface area contributed by atoms with Crippen molar-refractivity contribution in [2.24, 2.45) is 0 Å². The lowest BCUT2D eigenvalue weighted by Crippen LogP contribution is -2.42. The van der Waals surface area contributed by atoms with Crippen molar-refractivity contribution in [3.05, 3.63) is 23.9 Å². The van der Waals surface area contributed by atoms with Crippen LogP contribution in [0.1, 0.15) is 32.3 Å². The first-order valence-electron chi connectivity index (χ1n) is 7.15. The van der Waals surface area contributed by atoms with Crippen molar-refractivity contribution in [2.75, 3.05) is 7.11 Å². The molecular formula is C15H21N3O3. The minimum absolute atomic E-state index is 0.0512. The Kier molecular flexibility index (Phi) is 4.90. The zero-order valence-electron chi connectivity index (χ0n) is 12.6. The zero-order valence-corrected chi connectivity index (χ0v) is 12.6. The lowest BCUT2D eigenvalue weighted by molar-refractivity contribution is -0.141. The van der Waals surface area contributed by atoms with Crippen molar-refractivity contribution in [3.8, 4) is 5.88 Å². The van der Waals surface area contributed by atoms with Gasteiger partial charge in [-0.25, -0.2) is 4.98 Å². The molecule has 0 aliphatic carbocycles. The maximum Gasteiger partial charge on any atom is 0.247 e. The average molecular weight is 291 g/mol. The van der Waals surface area contributed by atoms with Crippen LogP contribution in [0.5, 0.6) is 5.88 Å². The number of carbonyl (C=O) groups is 2. The van der Waals surface area contributed by atoms with Gasteiger partial charge in [-0.05, 0) is 19.4 Å². The summed E-state index contributed by atoms with van der Waals surface area (Å²) in [5.74, 6) is 0.280. The molecule has 0 radical (unpaired) electrons. The van der Waals surface area contributed by atoms with Gasteiger partial charge in [-0.2, -0.15) is 0 Å². The maximum absolute atomic E-state index is 12.3. The summed E-state index contributed by atoms with van der Waals surface area (Å²) in [6, 6.07) is 3.18. The van der Waals surface area contributed by atoms with Gasteiger partial charge in [0.1, 0.15) is 0 Å². The van der Waals surface area contributed by atoms with Gasteiger partial charge in [0.2, 0.25) is 17.7 Å². The van der Waals surface area contributed by atoms with Crippen LogP contribution in [0.25, 0.3) is 0 Å². The number of carbonyl (C=O) groups excluding carboxylic acids is 2. The summed E-state index contributed by atoms with van der Waals surface area (Å²) in [5.41, 5.74) is 0.863. The normalized spacial score (nSPS) is 20.0. The molecular weight excluding hydrogens is 270 g/mol. The van der Waals surface area contributed by atoms with Gasteiger partial charge in [0, 0.05) is 24.3 Å². The number of nitrogens with one attached hydrogen (secondary N) is 1. The number of nitrogens with zero attached hydrogens (tertiary/aromatic N) is 2. The van der Waals surface area contributed by atoms with Gasteiger partial charge < -0.3 is 10.1 Å². The quantitative estimate of drug-likeness (QED) is 0.795. The van der Waals surface area contributed by atoms with Crippen LogP contribution >= 0.6 is 0 Å². The van der Waals surface area contributed by atoms with E-state index in [-0.39, 0.29) is 24.3 Å². The third-order valence-electron chi connectivity index (χ3n) is 3.80. The minimum Gasteiger partial charge on any atom is -0.481 e. The number of methoxy groups -OCH3 is 1. The summed E-state index contributed by atoms with van der Waals surface area (Å²) in [6.45, 7) is 4.30. The molecule has 0 bridgehead atoms. The molecule has 2 amide bonds. The second-order valence-corrected chi connectivity index (χ2v) is 5.17. The largest absolute Gasteiger partial charge is 0.481 e. The van der Waals surface area contributed by atoms with Crippen molar-refractivity contribution in [2.45, 2.75) is 45.3 Å². The topological polar surface area (TPSA) is 71.5 Å². The standard InChI is InChI=1S/C15H21N3O3/c1-4-10(2)18-13(19)8-12(15(18)20)17-9-11-6-5-7-16-14(11)21-3/h5-7,10,12,17H,4,8-9H2,1-3H3. The minimum atomic E-state index is -0.462. The monoisotopic (exact) mass is 291 g/mol. The number of imide groups is 1. The Hall–Kier alpha value is -1.95. The van der Waals surface area contributed by atoms with Gasteiger partial charge in [-0.15, -0.1) is 0 Å². The number of aromatic nitrogens is 1. The SMILES string of the molecule is CCC(C)N1C(=O)CC(NCc2cccnc2OC)C1=O. The molecule has 1 fully saturated rings. The van der Waals surface area contributed by atoms with Crippen LogP contribution in [-0.2, 0) is 16.1 Å². The third kappa shape index (κ3) is 3.21. The molecule has 1 aromatic heterocycles. The van der Waals surface area contributed by atoms with E-state index in [2.05, 4.69) is 10.3 Å². The maximum atomic E-state index is 12.3. The first-order valence-corrected chi connectivity index (χ1v) is 7.15. The predicted molar refractivity (Wildman–Crippen MR) is 77.6 cm³/mol. The Bertz CT molecular complexity index is 533. The van der Waals surface area contributed by atoms with Gasteiger partial charge in [-0.3, -0.25) is 14.5 Å². The molecule has 1 aromatic rings. The average Bonchev–Trinajstić information content (AvgIpc) is 2.79. The van der Waals surface area contributed by atoms with Crippen molar-refractivity contribution in [3.63, 3.8) is 0 Å². The Morgan fingerprint density at radius 2 is 2.29 bits per heavy atom. The Morgan fingerprint density at radius 1 is 1.52 bits per heavy atom. The molecule has 2 heterocycles. The fourth-order valence-corrected chi connectivity index (χ4v) is 2.43. The highest BCUT2D eigenvalue weighted by molar-refractivity contribution is 6.05. The molecule has 0 saturated carbocycles. The van der Waals surface area contributed by atoms with Gasteiger partial charge in [0.25, 0.3) is 0 Å². The number of hydrogen-bond acceptors (Lipinski definition) is 5. The summed E-state index contributed by atoms with van der Waals surface area (Å²) in [6.07, 6.45) is 2.63. The van der Waals surface area contributed by atoms with Crippen LogP contribution in [0.2, 0.25) is 0 Å². The molecule has 114 valence electrons. The van der Waals surface area contributed by atoms with Gasteiger partial charge in [-0.1, -0.05) is 13.0 Å². The van der Waals surface area contributed by atoms with Crippen molar-refractivity contribution < 1.29 is 14.3 Å². The van der Waals surface area contributed by atoms with E-state index in [0.29, 0.717) is 12.4 Å². The second-order valence-electron chi connectivity index (χ2n) is 5.17.